The Hall–Kier alpha value is -2.24. The summed E-state index contributed by atoms with van der Waals surface area (Å²) in [6, 6.07) is 7.72. The van der Waals surface area contributed by atoms with E-state index in [2.05, 4.69) is 45.3 Å². The van der Waals surface area contributed by atoms with Crippen molar-refractivity contribution in [1.82, 2.24) is 0 Å². The van der Waals surface area contributed by atoms with Crippen LogP contribution in [0.4, 0.5) is 16.2 Å². The molecule has 7 nitrogen and oxygen atoms in total. The fourth-order valence-corrected chi connectivity index (χ4v) is 3.94. The van der Waals surface area contributed by atoms with Gasteiger partial charge in [-0.3, -0.25) is 4.90 Å². The third-order valence-corrected chi connectivity index (χ3v) is 10.2. The summed E-state index contributed by atoms with van der Waals surface area (Å²) < 4.78 is 18.3. The maximum Gasteiger partial charge on any atom is 0.415 e. The molecule has 178 valence electrons. The fourth-order valence-electron chi connectivity index (χ4n) is 2.91. The summed E-state index contributed by atoms with van der Waals surface area (Å²) in [5, 5.41) is 12.6. The van der Waals surface area contributed by atoms with Crippen LogP contribution < -0.4 is 15.0 Å². The molecule has 0 spiro atoms. The third-order valence-electron chi connectivity index (χ3n) is 5.72. The maximum atomic E-state index is 13.1. The third kappa shape index (κ3) is 6.63. The van der Waals surface area contributed by atoms with Gasteiger partial charge in [-0.1, -0.05) is 20.8 Å². The van der Waals surface area contributed by atoms with E-state index in [1.807, 2.05) is 39.0 Å². The van der Waals surface area contributed by atoms with Crippen LogP contribution in [0.3, 0.4) is 0 Å². The van der Waals surface area contributed by atoms with Gasteiger partial charge in [0.2, 0.25) is 0 Å². The van der Waals surface area contributed by atoms with Crippen molar-refractivity contribution >= 4 is 25.8 Å². The van der Waals surface area contributed by atoms with Gasteiger partial charge < -0.3 is 19.2 Å². The maximum absolute atomic E-state index is 13.1. The molecule has 0 bridgehead atoms. The van der Waals surface area contributed by atoms with Crippen LogP contribution >= 0.6 is 0 Å². The van der Waals surface area contributed by atoms with Gasteiger partial charge in [0, 0.05) is 5.69 Å². The lowest BCUT2D eigenvalue weighted by Crippen LogP contribution is -2.50. The molecule has 1 aliphatic heterocycles. The Kier molecular flexibility index (Phi) is 7.27. The number of hydrogen-bond donors (Lipinski definition) is 1. The minimum atomic E-state index is -1.96. The Bertz CT molecular complexity index is 879. The van der Waals surface area contributed by atoms with Crippen LogP contribution in [0.15, 0.2) is 18.2 Å². The van der Waals surface area contributed by atoms with E-state index in [-0.39, 0.29) is 11.1 Å². The molecule has 1 atom stereocenters. The predicted octanol–water partition coefficient (Wildman–Crippen LogP) is 5.92. The van der Waals surface area contributed by atoms with Gasteiger partial charge in [-0.25, -0.2) is 4.79 Å². The Morgan fingerprint density at radius 2 is 1.84 bits per heavy atom. The molecule has 0 fully saturated rings. The topological polar surface area (TPSA) is 83.8 Å². The molecule has 0 unspecified atom stereocenters. The highest BCUT2D eigenvalue weighted by Crippen LogP contribution is 2.39. The van der Waals surface area contributed by atoms with E-state index in [9.17, 15) is 10.1 Å². The van der Waals surface area contributed by atoms with Gasteiger partial charge in [0.1, 0.15) is 23.0 Å². The zero-order valence-electron chi connectivity index (χ0n) is 21.3. The van der Waals surface area contributed by atoms with Gasteiger partial charge in [0.05, 0.1) is 24.9 Å². The number of ether oxygens (including phenoxy) is 2. The lowest BCUT2D eigenvalue weighted by molar-refractivity contribution is 0.0522. The molecule has 0 aliphatic carbocycles. The Balaban J connectivity index is 2.33. The van der Waals surface area contributed by atoms with E-state index < -0.39 is 25.6 Å². The lowest BCUT2D eigenvalue weighted by Gasteiger charge is -2.40. The molecule has 0 radical (unpaired) electrons. The predicted molar refractivity (Wildman–Crippen MR) is 131 cm³/mol. The van der Waals surface area contributed by atoms with E-state index in [1.165, 1.54) is 0 Å². The Morgan fingerprint density at radius 1 is 1.22 bits per heavy atom. The summed E-state index contributed by atoms with van der Waals surface area (Å²) in [5.41, 5.74) is -0.0357. The van der Waals surface area contributed by atoms with Crippen molar-refractivity contribution < 1.29 is 18.7 Å². The SMILES string of the molecule is CC(C)(C#N)Nc1ccc2c(c1)N(C(=O)OC(C)(C)C)C[C@@H](CO[Si](C)(C)C(C)(C)C)O2. The van der Waals surface area contributed by atoms with Gasteiger partial charge in [-0.2, -0.15) is 5.26 Å². The summed E-state index contributed by atoms with van der Waals surface area (Å²) in [5.74, 6) is 0.589. The number of anilines is 2. The minimum absolute atomic E-state index is 0.0819. The number of hydrogen-bond acceptors (Lipinski definition) is 6. The molecule has 1 aromatic carbocycles. The van der Waals surface area contributed by atoms with Crippen molar-refractivity contribution in [2.24, 2.45) is 0 Å². The zero-order chi connectivity index (χ0) is 24.5. The highest BCUT2D eigenvalue weighted by molar-refractivity contribution is 6.74. The van der Waals surface area contributed by atoms with Gasteiger partial charge in [-0.15, -0.1) is 0 Å². The van der Waals surface area contributed by atoms with Crippen LogP contribution in [-0.2, 0) is 9.16 Å². The van der Waals surface area contributed by atoms with Gasteiger partial charge in [0.25, 0.3) is 0 Å². The van der Waals surface area contributed by atoms with Crippen LogP contribution in [0, 0.1) is 11.3 Å². The van der Waals surface area contributed by atoms with E-state index in [1.54, 1.807) is 18.7 Å². The zero-order valence-corrected chi connectivity index (χ0v) is 22.3. The summed E-state index contributed by atoms with van der Waals surface area (Å²) in [7, 11) is -1.96. The number of rotatable bonds is 5. The monoisotopic (exact) mass is 461 g/mol. The number of carbonyl (C=O) groups is 1. The number of nitriles is 1. The van der Waals surface area contributed by atoms with E-state index in [0.29, 0.717) is 24.6 Å². The standard InChI is InChI=1S/C24H39N3O4Si/c1-22(2,3)31-21(28)27-14-18(15-29-32(9,10)23(4,5)6)30-20-12-11-17(13-19(20)27)26-24(7,8)16-25/h11-13,18,26H,14-15H2,1-10H3/t18-/m0/s1. The van der Waals surface area contributed by atoms with Crippen LogP contribution in [0.2, 0.25) is 18.1 Å². The highest BCUT2D eigenvalue weighted by Gasteiger charge is 2.39. The summed E-state index contributed by atoms with van der Waals surface area (Å²) in [6.45, 7) is 20.8. The summed E-state index contributed by atoms with van der Waals surface area (Å²) in [6.07, 6.45) is -0.741. The number of fused-ring (bicyclic) bond motifs is 1. The average molecular weight is 462 g/mol. The van der Waals surface area contributed by atoms with Crippen LogP contribution in [-0.4, -0.2) is 44.8 Å². The molecule has 0 saturated carbocycles. The summed E-state index contributed by atoms with van der Waals surface area (Å²) in [4.78, 5) is 14.7. The molecule has 8 heteroatoms. The van der Waals surface area contributed by atoms with Crippen LogP contribution in [0.1, 0.15) is 55.4 Å². The minimum Gasteiger partial charge on any atom is -0.484 e. The molecule has 0 saturated heterocycles. The Labute approximate surface area is 194 Å². The first-order valence-corrected chi connectivity index (χ1v) is 14.0. The molecule has 1 heterocycles. The molecule has 0 aromatic heterocycles. The number of amides is 1. The van der Waals surface area contributed by atoms with Crippen LogP contribution in [0.5, 0.6) is 5.75 Å². The highest BCUT2D eigenvalue weighted by atomic mass is 28.4. The molecule has 1 aromatic rings. The number of nitrogens with zero attached hydrogens (tertiary/aromatic N) is 2. The first kappa shape index (κ1) is 26.0. The Morgan fingerprint density at radius 3 is 2.38 bits per heavy atom. The van der Waals surface area contributed by atoms with Gasteiger partial charge >= 0.3 is 6.09 Å². The van der Waals surface area contributed by atoms with Gasteiger partial charge in [-0.05, 0) is 71.0 Å². The molecule has 32 heavy (non-hydrogen) atoms. The average Bonchev–Trinajstić information content (AvgIpc) is 2.63. The molecule has 1 N–H and O–H groups in total. The first-order valence-electron chi connectivity index (χ1n) is 11.1. The number of nitrogens with one attached hydrogen (secondary N) is 1. The molecule has 1 aliphatic rings. The quantitative estimate of drug-likeness (QED) is 0.548. The van der Waals surface area contributed by atoms with Crippen molar-refractivity contribution in [1.29, 1.82) is 5.26 Å². The van der Waals surface area contributed by atoms with Crippen molar-refractivity contribution in [3.63, 3.8) is 0 Å². The molecular formula is C24H39N3O4Si. The van der Waals surface area contributed by atoms with E-state index in [4.69, 9.17) is 13.9 Å². The van der Waals surface area contributed by atoms with Crippen LogP contribution in [0.25, 0.3) is 0 Å². The second-order valence-corrected chi connectivity index (χ2v) is 16.3. The van der Waals surface area contributed by atoms with E-state index in [0.717, 1.165) is 5.69 Å². The van der Waals surface area contributed by atoms with Crippen molar-refractivity contribution in [3.8, 4) is 11.8 Å². The number of carbonyl (C=O) groups excluding carboxylic acids is 1. The van der Waals surface area contributed by atoms with E-state index >= 15 is 0 Å². The fraction of sp³-hybridized carbons (Fsp3) is 0.667. The second kappa shape index (κ2) is 8.95. The smallest absolute Gasteiger partial charge is 0.415 e. The lowest BCUT2D eigenvalue weighted by atomic mass is 10.1. The molecular weight excluding hydrogens is 422 g/mol. The summed E-state index contributed by atoms with van der Waals surface area (Å²) >= 11 is 0. The van der Waals surface area contributed by atoms with Crippen molar-refractivity contribution in [2.45, 2.75) is 90.8 Å². The molecule has 1 amide bonds. The largest absolute Gasteiger partial charge is 0.484 e. The number of benzene rings is 1. The van der Waals surface area contributed by atoms with Crippen molar-refractivity contribution in [2.75, 3.05) is 23.4 Å². The second-order valence-electron chi connectivity index (χ2n) is 11.4. The first-order chi connectivity index (χ1) is 14.4. The van der Waals surface area contributed by atoms with Gasteiger partial charge in [0.15, 0.2) is 8.32 Å². The molecule has 2 rings (SSSR count). The normalized spacial score (nSPS) is 17.2. The van der Waals surface area contributed by atoms with Crippen molar-refractivity contribution in [3.05, 3.63) is 18.2 Å².